The predicted molar refractivity (Wildman–Crippen MR) is 50.4 cm³/mol. The molecule has 0 aliphatic carbocycles. The smallest absolute Gasteiger partial charge is 0.270 e. The number of nitrogens with one attached hydrogen (secondary N) is 1. The SMILES string of the molecule is Cc1cc([N+](=O)[O-])cc(C)c1NN. The number of hydrogen-bond acceptors (Lipinski definition) is 4. The van der Waals surface area contributed by atoms with E-state index in [1.807, 2.05) is 0 Å². The molecule has 1 rings (SSSR count). The van der Waals surface area contributed by atoms with Gasteiger partial charge in [-0.1, -0.05) is 0 Å². The first-order valence-corrected chi connectivity index (χ1v) is 3.78. The van der Waals surface area contributed by atoms with Gasteiger partial charge >= 0.3 is 0 Å². The van der Waals surface area contributed by atoms with E-state index < -0.39 is 4.92 Å². The fourth-order valence-corrected chi connectivity index (χ4v) is 1.27. The number of anilines is 1. The molecule has 0 atom stereocenters. The minimum absolute atomic E-state index is 0.0917. The van der Waals surface area contributed by atoms with Crippen molar-refractivity contribution in [1.29, 1.82) is 0 Å². The van der Waals surface area contributed by atoms with Crippen LogP contribution in [0.2, 0.25) is 0 Å². The Balaban J connectivity index is 3.28. The number of nitro benzene ring substituents is 1. The van der Waals surface area contributed by atoms with Gasteiger partial charge in [0.2, 0.25) is 0 Å². The summed E-state index contributed by atoms with van der Waals surface area (Å²) in [5.41, 5.74) is 4.88. The third kappa shape index (κ3) is 1.75. The first-order valence-electron chi connectivity index (χ1n) is 3.78. The summed E-state index contributed by atoms with van der Waals surface area (Å²) in [6.45, 7) is 3.55. The molecule has 3 N–H and O–H groups in total. The highest BCUT2D eigenvalue weighted by molar-refractivity contribution is 5.60. The van der Waals surface area contributed by atoms with Crippen LogP contribution in [0.1, 0.15) is 11.1 Å². The number of aryl methyl sites for hydroxylation is 2. The Hall–Kier alpha value is -1.62. The van der Waals surface area contributed by atoms with Crippen LogP contribution in [0.4, 0.5) is 11.4 Å². The Bertz CT molecular complexity index is 326. The molecule has 5 heteroatoms. The molecular weight excluding hydrogens is 170 g/mol. The fraction of sp³-hybridized carbons (Fsp3) is 0.250. The summed E-state index contributed by atoms with van der Waals surface area (Å²) in [6.07, 6.45) is 0. The van der Waals surface area contributed by atoms with Crippen molar-refractivity contribution in [2.24, 2.45) is 5.84 Å². The number of nitro groups is 1. The first kappa shape index (κ1) is 9.47. The number of hydrazine groups is 1. The van der Waals surface area contributed by atoms with Crippen LogP contribution in [0.3, 0.4) is 0 Å². The monoisotopic (exact) mass is 181 g/mol. The van der Waals surface area contributed by atoms with E-state index in [0.717, 1.165) is 16.8 Å². The van der Waals surface area contributed by atoms with Gasteiger partial charge < -0.3 is 5.43 Å². The Kier molecular flexibility index (Phi) is 2.48. The quantitative estimate of drug-likeness (QED) is 0.411. The number of nitrogens with two attached hydrogens (primary N) is 1. The second kappa shape index (κ2) is 3.40. The third-order valence-corrected chi connectivity index (χ3v) is 1.87. The lowest BCUT2D eigenvalue weighted by atomic mass is 10.1. The second-order valence-corrected chi connectivity index (χ2v) is 2.86. The van der Waals surface area contributed by atoms with E-state index in [1.54, 1.807) is 13.8 Å². The maximum atomic E-state index is 10.5. The molecule has 5 nitrogen and oxygen atoms in total. The number of rotatable bonds is 2. The largest absolute Gasteiger partial charge is 0.324 e. The Morgan fingerprint density at radius 1 is 1.38 bits per heavy atom. The highest BCUT2D eigenvalue weighted by Gasteiger charge is 2.10. The summed E-state index contributed by atoms with van der Waals surface area (Å²) in [4.78, 5) is 10.0. The lowest BCUT2D eigenvalue weighted by Gasteiger charge is -2.07. The molecule has 0 fully saturated rings. The average Bonchev–Trinajstić information content (AvgIpc) is 2.03. The van der Waals surface area contributed by atoms with Crippen molar-refractivity contribution in [1.82, 2.24) is 0 Å². The van der Waals surface area contributed by atoms with E-state index in [0.29, 0.717) is 0 Å². The zero-order chi connectivity index (χ0) is 10.0. The van der Waals surface area contributed by atoms with E-state index in [2.05, 4.69) is 5.43 Å². The van der Waals surface area contributed by atoms with Crippen LogP contribution in [-0.2, 0) is 0 Å². The van der Waals surface area contributed by atoms with Crippen LogP contribution in [0.15, 0.2) is 12.1 Å². The molecule has 1 aromatic carbocycles. The van der Waals surface area contributed by atoms with Gasteiger partial charge in [-0.25, -0.2) is 0 Å². The van der Waals surface area contributed by atoms with Crippen molar-refractivity contribution >= 4 is 11.4 Å². The molecule has 0 aromatic heterocycles. The Labute approximate surface area is 75.7 Å². The predicted octanol–water partition coefficient (Wildman–Crippen LogP) is 1.50. The van der Waals surface area contributed by atoms with E-state index in [-0.39, 0.29) is 5.69 Å². The molecule has 0 aliphatic heterocycles. The zero-order valence-electron chi connectivity index (χ0n) is 7.50. The molecule has 13 heavy (non-hydrogen) atoms. The molecule has 0 aliphatic rings. The highest BCUT2D eigenvalue weighted by Crippen LogP contribution is 2.24. The van der Waals surface area contributed by atoms with Gasteiger partial charge in [-0.05, 0) is 25.0 Å². The van der Waals surface area contributed by atoms with Crippen LogP contribution < -0.4 is 11.3 Å². The van der Waals surface area contributed by atoms with Gasteiger partial charge in [0, 0.05) is 12.1 Å². The second-order valence-electron chi connectivity index (χ2n) is 2.86. The maximum Gasteiger partial charge on any atom is 0.270 e. The standard InChI is InChI=1S/C8H11N3O2/c1-5-3-7(11(12)13)4-6(2)8(5)10-9/h3-4,10H,9H2,1-2H3. The minimum atomic E-state index is -0.416. The van der Waals surface area contributed by atoms with E-state index >= 15 is 0 Å². The maximum absolute atomic E-state index is 10.5. The molecule has 0 heterocycles. The average molecular weight is 181 g/mol. The molecule has 0 saturated heterocycles. The van der Waals surface area contributed by atoms with Gasteiger partial charge in [-0.3, -0.25) is 16.0 Å². The Morgan fingerprint density at radius 3 is 2.15 bits per heavy atom. The third-order valence-electron chi connectivity index (χ3n) is 1.87. The summed E-state index contributed by atoms with van der Waals surface area (Å²) in [5.74, 6) is 5.26. The molecule has 0 spiro atoms. The zero-order valence-corrected chi connectivity index (χ0v) is 7.50. The molecule has 0 radical (unpaired) electrons. The molecule has 70 valence electrons. The molecular formula is C8H11N3O2. The lowest BCUT2D eigenvalue weighted by Crippen LogP contribution is -2.10. The first-order chi connectivity index (χ1) is 6.06. The number of non-ortho nitro benzene ring substituents is 1. The van der Waals surface area contributed by atoms with Gasteiger partial charge in [-0.15, -0.1) is 0 Å². The van der Waals surface area contributed by atoms with Crippen molar-refractivity contribution in [2.45, 2.75) is 13.8 Å². The summed E-state index contributed by atoms with van der Waals surface area (Å²) in [7, 11) is 0. The van der Waals surface area contributed by atoms with Gasteiger partial charge in [0.25, 0.3) is 5.69 Å². The summed E-state index contributed by atoms with van der Waals surface area (Å²) in [6, 6.07) is 2.98. The number of hydrogen-bond donors (Lipinski definition) is 2. The molecule has 0 amide bonds. The number of benzene rings is 1. The molecule has 1 aromatic rings. The van der Waals surface area contributed by atoms with Crippen LogP contribution in [-0.4, -0.2) is 4.92 Å². The van der Waals surface area contributed by atoms with E-state index in [9.17, 15) is 10.1 Å². The fourth-order valence-electron chi connectivity index (χ4n) is 1.27. The van der Waals surface area contributed by atoms with Crippen molar-refractivity contribution in [3.63, 3.8) is 0 Å². The highest BCUT2D eigenvalue weighted by atomic mass is 16.6. The minimum Gasteiger partial charge on any atom is -0.324 e. The van der Waals surface area contributed by atoms with Crippen LogP contribution in [0, 0.1) is 24.0 Å². The van der Waals surface area contributed by atoms with E-state index in [1.165, 1.54) is 12.1 Å². The summed E-state index contributed by atoms with van der Waals surface area (Å²) >= 11 is 0. The van der Waals surface area contributed by atoms with Gasteiger partial charge in [0.05, 0.1) is 10.6 Å². The van der Waals surface area contributed by atoms with Crippen molar-refractivity contribution < 1.29 is 4.92 Å². The van der Waals surface area contributed by atoms with Crippen LogP contribution >= 0.6 is 0 Å². The summed E-state index contributed by atoms with van der Waals surface area (Å²) < 4.78 is 0. The van der Waals surface area contributed by atoms with Crippen molar-refractivity contribution in [2.75, 3.05) is 5.43 Å². The topological polar surface area (TPSA) is 81.2 Å². The molecule has 0 unspecified atom stereocenters. The summed E-state index contributed by atoms with van der Waals surface area (Å²) in [5, 5.41) is 10.5. The molecule has 0 bridgehead atoms. The Morgan fingerprint density at radius 2 is 1.85 bits per heavy atom. The van der Waals surface area contributed by atoms with Crippen LogP contribution in [0.5, 0.6) is 0 Å². The lowest BCUT2D eigenvalue weighted by molar-refractivity contribution is -0.384. The normalized spacial score (nSPS) is 9.77. The van der Waals surface area contributed by atoms with Gasteiger partial charge in [-0.2, -0.15) is 0 Å². The van der Waals surface area contributed by atoms with Gasteiger partial charge in [0.15, 0.2) is 0 Å². The van der Waals surface area contributed by atoms with Crippen molar-refractivity contribution in [3.8, 4) is 0 Å². The number of nitrogen functional groups attached to an aromatic ring is 1. The van der Waals surface area contributed by atoms with Crippen molar-refractivity contribution in [3.05, 3.63) is 33.4 Å². The number of nitrogens with zero attached hydrogens (tertiary/aromatic N) is 1. The van der Waals surface area contributed by atoms with E-state index in [4.69, 9.17) is 5.84 Å². The van der Waals surface area contributed by atoms with Crippen LogP contribution in [0.25, 0.3) is 0 Å². The van der Waals surface area contributed by atoms with Gasteiger partial charge in [0.1, 0.15) is 0 Å². The molecule has 0 saturated carbocycles.